The predicted molar refractivity (Wildman–Crippen MR) is 277 cm³/mol. The molecule has 3 fully saturated rings. The summed E-state index contributed by atoms with van der Waals surface area (Å²) in [5.74, 6) is -7.37. The summed E-state index contributed by atoms with van der Waals surface area (Å²) in [4.78, 5) is 72.9. The number of piperidine rings is 1. The normalized spacial score (nSPS) is 37.2. The lowest BCUT2D eigenvalue weighted by Gasteiger charge is -2.43. The van der Waals surface area contributed by atoms with Gasteiger partial charge >= 0.3 is 5.97 Å². The number of ether oxygens (including phenoxy) is 6. The molecular weight excluding hydrogens is 935 g/mol. The van der Waals surface area contributed by atoms with Crippen molar-refractivity contribution in [3.63, 3.8) is 0 Å². The minimum atomic E-state index is -2.49. The zero-order valence-corrected chi connectivity index (χ0v) is 45.3. The fraction of sp³-hybridized carbons (Fsp3) is 0.672. The number of hydrogen-bond acceptors (Lipinski definition) is 14. The number of nitrogens with zero attached hydrogens (tertiary/aromatic N) is 1. The number of Topliss-reactive ketones (excluding diaryl/α,β-unsaturated/α-hetero) is 3. The van der Waals surface area contributed by atoms with Crippen LogP contribution in [0.25, 0.3) is 0 Å². The van der Waals surface area contributed by atoms with Crippen LogP contribution in [0.1, 0.15) is 137 Å². The highest BCUT2D eigenvalue weighted by Gasteiger charge is 2.53. The van der Waals surface area contributed by atoms with Crippen LogP contribution in [0.3, 0.4) is 0 Å². The number of carbonyl (C=O) groups excluding carboxylic acids is 5. The van der Waals surface area contributed by atoms with Gasteiger partial charge in [0.05, 0.1) is 32.5 Å². The number of cyclic esters (lactones) is 1. The molecule has 0 aromatic heterocycles. The molecule has 3 aliphatic heterocycles. The molecule has 0 radical (unpaired) electrons. The van der Waals surface area contributed by atoms with Crippen molar-refractivity contribution < 1.29 is 67.7 Å². The van der Waals surface area contributed by atoms with Gasteiger partial charge in [0.2, 0.25) is 5.79 Å². The minimum absolute atomic E-state index is 0.0135. The molecule has 15 atom stereocenters. The third-order valence-corrected chi connectivity index (χ3v) is 16.1. The monoisotopic (exact) mass is 1020 g/mol. The van der Waals surface area contributed by atoms with E-state index in [0.29, 0.717) is 81.3 Å². The number of benzene rings is 1. The second kappa shape index (κ2) is 27.3. The third kappa shape index (κ3) is 15.1. The number of carbonyl (C=O) groups is 5. The molecule has 73 heavy (non-hydrogen) atoms. The molecule has 2 bridgehead atoms. The fourth-order valence-corrected chi connectivity index (χ4v) is 11.3. The van der Waals surface area contributed by atoms with E-state index in [0.717, 1.165) is 11.1 Å². The Morgan fingerprint density at radius 1 is 0.836 bits per heavy atom. The maximum Gasteiger partial charge on any atom is 0.329 e. The van der Waals surface area contributed by atoms with Gasteiger partial charge in [-0.3, -0.25) is 19.2 Å². The molecule has 1 aromatic rings. The van der Waals surface area contributed by atoms with Crippen molar-refractivity contribution in [1.82, 2.24) is 4.90 Å². The molecule has 1 amide bonds. The Labute approximate surface area is 433 Å². The highest BCUT2D eigenvalue weighted by atomic mass is 16.6. The first-order valence-corrected chi connectivity index (χ1v) is 26.5. The molecule has 3 heterocycles. The van der Waals surface area contributed by atoms with Gasteiger partial charge in [-0.05, 0) is 114 Å². The van der Waals surface area contributed by atoms with Crippen LogP contribution in [0.4, 0.5) is 0 Å². The van der Waals surface area contributed by atoms with Crippen LogP contribution in [0.2, 0.25) is 0 Å². The molecule has 4 aliphatic rings. The Kier molecular flexibility index (Phi) is 22.2. The summed E-state index contributed by atoms with van der Waals surface area (Å²) >= 11 is 0. The molecule has 5 rings (SSSR count). The van der Waals surface area contributed by atoms with E-state index in [2.05, 4.69) is 0 Å². The number of ketones is 3. The molecular formula is C58H85NO14. The summed E-state index contributed by atoms with van der Waals surface area (Å²) in [6.07, 6.45) is 11.4. The Hall–Kier alpha value is -4.51. The van der Waals surface area contributed by atoms with Crippen molar-refractivity contribution in [2.45, 2.75) is 180 Å². The quantitative estimate of drug-likeness (QED) is 0.128. The Morgan fingerprint density at radius 3 is 2.26 bits per heavy atom. The molecule has 0 unspecified atom stereocenters. The predicted octanol–water partition coefficient (Wildman–Crippen LogP) is 7.97. The average Bonchev–Trinajstić information content (AvgIpc) is 3.38. The van der Waals surface area contributed by atoms with Gasteiger partial charge in [-0.1, -0.05) is 82.7 Å². The number of amides is 1. The van der Waals surface area contributed by atoms with Gasteiger partial charge < -0.3 is 48.6 Å². The van der Waals surface area contributed by atoms with Crippen molar-refractivity contribution >= 4 is 29.2 Å². The van der Waals surface area contributed by atoms with Crippen molar-refractivity contribution in [2.24, 2.45) is 35.5 Å². The number of aliphatic hydroxyl groups excluding tert-OH is 2. The maximum absolute atomic E-state index is 14.6. The standard InChI is InChI=1S/C58H85NO14/c1-34-17-13-12-14-18-35(2)45(44-24-23-42(68-8)32-50(44)69-9)31-43-22-20-40(7)58(67,73-43)55(64)56(65)59-26-16-15-19-46(59)57(66)72-49(37(4)29-41-21-25-47(60)51(30-41)70-10)33-48(61)36(3)28-39(6)53(63)54(71-11)52(62)38(5)27-34/h12-14,17-18,23-24,28,32,34,36-38,40-41,43,45-47,49,51,53-54,60,63,67H,15-16,19-22,25-27,29-31,33H2,1-11H3/b14-12+,17-13+,35-18+,39-28+/t34-,36-,37-,38-,40-,41+,43+,45-,46+,47-,49+,51-,53-,54+,58-/m1/s1. The van der Waals surface area contributed by atoms with E-state index >= 15 is 0 Å². The SMILES string of the molecule is COc1ccc([C@@H]2C[C@@H]3CC[C@@H](C)[C@@](O)(O3)C(=O)C(=O)N3CCCC[C@H]3C(=O)O[C@H]([C@H](C)C[C@@H]3CC[C@@H](O)[C@H](OC)C3)CC(=O)[C@H](C)/C=C(\C)[C@@H](O)[C@@H](OC)C(=O)[C@H](C)C[C@H](C)/C=C/C=C/C=C/2C)c(OC)c1. The molecule has 1 aliphatic carbocycles. The number of aliphatic hydroxyl groups is 3. The van der Waals surface area contributed by atoms with E-state index < -0.39 is 77.8 Å². The molecule has 15 nitrogen and oxygen atoms in total. The highest BCUT2D eigenvalue weighted by Crippen LogP contribution is 2.43. The Bertz CT molecular complexity index is 2180. The number of esters is 1. The van der Waals surface area contributed by atoms with Gasteiger partial charge in [-0.15, -0.1) is 0 Å². The van der Waals surface area contributed by atoms with Gasteiger partial charge in [0.25, 0.3) is 11.7 Å². The molecule has 1 saturated carbocycles. The minimum Gasteiger partial charge on any atom is -0.497 e. The lowest BCUT2D eigenvalue weighted by molar-refractivity contribution is -0.264. The van der Waals surface area contributed by atoms with Crippen molar-refractivity contribution in [3.8, 4) is 11.5 Å². The molecule has 406 valence electrons. The molecule has 3 N–H and O–H groups in total. The number of allylic oxidation sites excluding steroid dienone is 7. The molecule has 1 aromatic carbocycles. The first kappa shape index (κ1) is 59.4. The molecule has 2 saturated heterocycles. The van der Waals surface area contributed by atoms with Crippen LogP contribution >= 0.6 is 0 Å². The first-order chi connectivity index (χ1) is 34.7. The summed E-state index contributed by atoms with van der Waals surface area (Å²) in [7, 11) is 6.10. The van der Waals surface area contributed by atoms with Gasteiger partial charge in [-0.25, -0.2) is 4.79 Å². The lowest BCUT2D eigenvalue weighted by atomic mass is 9.78. The van der Waals surface area contributed by atoms with E-state index in [1.165, 1.54) is 12.0 Å². The summed E-state index contributed by atoms with van der Waals surface area (Å²) in [5, 5.41) is 34.4. The number of hydrogen-bond donors (Lipinski definition) is 3. The average molecular weight is 1020 g/mol. The fourth-order valence-electron chi connectivity index (χ4n) is 11.3. The zero-order valence-electron chi connectivity index (χ0n) is 45.3. The van der Waals surface area contributed by atoms with E-state index in [1.807, 2.05) is 70.2 Å². The van der Waals surface area contributed by atoms with Gasteiger partial charge in [-0.2, -0.15) is 0 Å². The number of fused-ring (bicyclic) bond motifs is 3. The second-order valence-corrected chi connectivity index (χ2v) is 21.5. The Morgan fingerprint density at radius 2 is 1.58 bits per heavy atom. The van der Waals surface area contributed by atoms with E-state index in [-0.39, 0.29) is 60.7 Å². The van der Waals surface area contributed by atoms with Gasteiger partial charge in [0.15, 0.2) is 5.78 Å². The van der Waals surface area contributed by atoms with Crippen molar-refractivity contribution in [1.29, 1.82) is 0 Å². The topological polar surface area (TPSA) is 205 Å². The summed E-state index contributed by atoms with van der Waals surface area (Å²) in [6, 6.07) is 4.39. The molecule has 15 heteroatoms. The zero-order chi connectivity index (χ0) is 53.7. The van der Waals surface area contributed by atoms with E-state index in [4.69, 9.17) is 28.4 Å². The maximum atomic E-state index is 14.6. The van der Waals surface area contributed by atoms with Crippen LogP contribution in [-0.2, 0) is 42.9 Å². The lowest BCUT2D eigenvalue weighted by Crippen LogP contribution is -2.60. The largest absolute Gasteiger partial charge is 0.497 e. The number of methoxy groups -OCH3 is 4. The summed E-state index contributed by atoms with van der Waals surface area (Å²) in [6.45, 7) is 12.8. The molecule has 0 spiro atoms. The van der Waals surface area contributed by atoms with Crippen LogP contribution in [0, 0.1) is 35.5 Å². The van der Waals surface area contributed by atoms with Gasteiger partial charge in [0, 0.05) is 62.5 Å². The first-order valence-electron chi connectivity index (χ1n) is 26.5. The Balaban J connectivity index is 1.53. The van der Waals surface area contributed by atoms with Crippen molar-refractivity contribution in [2.75, 3.05) is 35.0 Å². The summed E-state index contributed by atoms with van der Waals surface area (Å²) < 4.78 is 35.3. The third-order valence-electron chi connectivity index (χ3n) is 16.1. The van der Waals surface area contributed by atoms with Crippen LogP contribution in [0.5, 0.6) is 11.5 Å². The van der Waals surface area contributed by atoms with Crippen LogP contribution < -0.4 is 9.47 Å². The second-order valence-electron chi connectivity index (χ2n) is 21.5. The van der Waals surface area contributed by atoms with E-state index in [9.17, 15) is 39.3 Å². The number of rotatable bonds is 8. The van der Waals surface area contributed by atoms with Crippen LogP contribution in [0.15, 0.2) is 65.8 Å². The summed E-state index contributed by atoms with van der Waals surface area (Å²) in [5.41, 5.74) is 2.14. The van der Waals surface area contributed by atoms with E-state index in [1.54, 1.807) is 54.2 Å². The highest BCUT2D eigenvalue weighted by molar-refractivity contribution is 6.39. The smallest absolute Gasteiger partial charge is 0.329 e. The van der Waals surface area contributed by atoms with Crippen molar-refractivity contribution in [3.05, 3.63) is 71.4 Å². The van der Waals surface area contributed by atoms with Crippen LogP contribution in [-0.4, -0.2) is 133 Å². The van der Waals surface area contributed by atoms with Gasteiger partial charge in [0.1, 0.15) is 41.6 Å².